The molecule has 2 rings (SSSR count). The van der Waals surface area contributed by atoms with E-state index in [0.717, 1.165) is 12.1 Å². The molecule has 0 bridgehead atoms. The molecule has 0 radical (unpaired) electrons. The van der Waals surface area contributed by atoms with Gasteiger partial charge in [-0.05, 0) is 24.3 Å². The van der Waals surface area contributed by atoms with E-state index in [1.165, 1.54) is 18.2 Å². The van der Waals surface area contributed by atoms with Crippen LogP contribution in [0.2, 0.25) is 20.1 Å². The molecule has 26 heavy (non-hydrogen) atoms. The number of nitrogens with one attached hydrogen (secondary N) is 1. The van der Waals surface area contributed by atoms with E-state index in [2.05, 4.69) is 5.32 Å². The molecule has 0 spiro atoms. The van der Waals surface area contributed by atoms with Crippen LogP contribution in [0.4, 0.5) is 11.4 Å². The summed E-state index contributed by atoms with van der Waals surface area (Å²) in [4.78, 5) is 34.1. The van der Waals surface area contributed by atoms with Crippen LogP contribution in [0.1, 0.15) is 10.4 Å². The van der Waals surface area contributed by atoms with Crippen LogP contribution in [-0.4, -0.2) is 23.4 Å². The van der Waals surface area contributed by atoms with Gasteiger partial charge in [-0.25, -0.2) is 4.79 Å². The lowest BCUT2D eigenvalue weighted by Crippen LogP contribution is -2.21. The van der Waals surface area contributed by atoms with E-state index in [9.17, 15) is 19.7 Å². The number of ether oxygens (including phenoxy) is 1. The highest BCUT2D eigenvalue weighted by atomic mass is 35.5. The zero-order valence-electron chi connectivity index (χ0n) is 12.6. The van der Waals surface area contributed by atoms with E-state index in [1.54, 1.807) is 0 Å². The Kier molecular flexibility index (Phi) is 6.66. The lowest BCUT2D eigenvalue weighted by molar-refractivity contribution is -0.385. The fourth-order valence-electron chi connectivity index (χ4n) is 1.87. The van der Waals surface area contributed by atoms with Gasteiger partial charge in [0.25, 0.3) is 11.6 Å². The second-order valence-corrected chi connectivity index (χ2v) is 6.47. The quantitative estimate of drug-likeness (QED) is 0.403. The minimum atomic E-state index is -1.06. The molecule has 0 aliphatic carbocycles. The molecule has 7 nitrogen and oxygen atoms in total. The summed E-state index contributed by atoms with van der Waals surface area (Å²) in [6.07, 6.45) is 0. The smallest absolute Gasteiger partial charge is 0.345 e. The van der Waals surface area contributed by atoms with Crippen molar-refractivity contribution in [2.45, 2.75) is 0 Å². The number of halogens is 4. The summed E-state index contributed by atoms with van der Waals surface area (Å²) in [5.74, 6) is -1.81. The molecule has 2 aromatic rings. The number of anilines is 1. The van der Waals surface area contributed by atoms with Crippen molar-refractivity contribution in [1.29, 1.82) is 0 Å². The SMILES string of the molecule is O=C(COC(=O)c1ccc(Cl)cc1[N+](=O)[O-])Nc1c(Cl)cc(Cl)cc1Cl. The van der Waals surface area contributed by atoms with Crippen LogP contribution in [0.25, 0.3) is 0 Å². The molecule has 1 amide bonds. The predicted molar refractivity (Wildman–Crippen MR) is 98.5 cm³/mol. The molecule has 0 fully saturated rings. The second kappa shape index (κ2) is 8.55. The molecule has 0 unspecified atom stereocenters. The van der Waals surface area contributed by atoms with E-state index in [4.69, 9.17) is 51.1 Å². The van der Waals surface area contributed by atoms with Crippen molar-refractivity contribution in [3.63, 3.8) is 0 Å². The number of nitrogens with zero attached hydrogens (tertiary/aromatic N) is 1. The summed E-state index contributed by atoms with van der Waals surface area (Å²) < 4.78 is 4.79. The van der Waals surface area contributed by atoms with E-state index >= 15 is 0 Å². The lowest BCUT2D eigenvalue weighted by Gasteiger charge is -2.10. The number of carbonyl (C=O) groups excluding carboxylic acids is 2. The monoisotopic (exact) mass is 436 g/mol. The molecule has 11 heteroatoms. The number of nitro groups is 1. The van der Waals surface area contributed by atoms with Gasteiger partial charge in [0.15, 0.2) is 6.61 Å². The van der Waals surface area contributed by atoms with Gasteiger partial charge >= 0.3 is 5.97 Å². The minimum absolute atomic E-state index is 0.0815. The van der Waals surface area contributed by atoms with Crippen molar-refractivity contribution < 1.29 is 19.2 Å². The normalized spacial score (nSPS) is 10.3. The summed E-state index contributed by atoms with van der Waals surface area (Å²) in [6, 6.07) is 6.17. The molecule has 0 saturated heterocycles. The molecule has 0 aliphatic rings. The van der Waals surface area contributed by atoms with Crippen LogP contribution in [0, 0.1) is 10.1 Å². The van der Waals surface area contributed by atoms with E-state index in [1.807, 2.05) is 0 Å². The van der Waals surface area contributed by atoms with Crippen LogP contribution < -0.4 is 5.32 Å². The maximum absolute atomic E-state index is 12.0. The highest BCUT2D eigenvalue weighted by molar-refractivity contribution is 6.42. The number of esters is 1. The summed E-state index contributed by atoms with van der Waals surface area (Å²) in [5.41, 5.74) is -0.780. The van der Waals surface area contributed by atoms with E-state index < -0.39 is 29.1 Å². The van der Waals surface area contributed by atoms with Crippen molar-refractivity contribution in [3.05, 3.63) is 66.1 Å². The molecule has 1 N–H and O–H groups in total. The minimum Gasteiger partial charge on any atom is -0.452 e. The van der Waals surface area contributed by atoms with Gasteiger partial charge in [0.05, 0.1) is 20.7 Å². The zero-order valence-corrected chi connectivity index (χ0v) is 15.6. The number of amides is 1. The molecule has 0 aliphatic heterocycles. The number of rotatable bonds is 5. The number of carbonyl (C=O) groups is 2. The topological polar surface area (TPSA) is 98.5 Å². The van der Waals surface area contributed by atoms with Crippen LogP contribution in [-0.2, 0) is 9.53 Å². The average Bonchev–Trinajstić information content (AvgIpc) is 2.55. The molecule has 2 aromatic carbocycles. The van der Waals surface area contributed by atoms with Gasteiger partial charge in [0.2, 0.25) is 0 Å². The summed E-state index contributed by atoms with van der Waals surface area (Å²) >= 11 is 23.3. The second-order valence-electron chi connectivity index (χ2n) is 4.79. The molecule has 0 atom stereocenters. The van der Waals surface area contributed by atoms with Gasteiger partial charge < -0.3 is 10.1 Å². The first-order valence-corrected chi connectivity index (χ1v) is 8.25. The summed E-state index contributed by atoms with van der Waals surface area (Å²) in [5, 5.41) is 13.9. The third-order valence-electron chi connectivity index (χ3n) is 2.98. The fourth-order valence-corrected chi connectivity index (χ4v) is 2.95. The Morgan fingerprint density at radius 3 is 2.23 bits per heavy atom. The number of hydrogen-bond donors (Lipinski definition) is 1. The van der Waals surface area contributed by atoms with Crippen LogP contribution in [0.15, 0.2) is 30.3 Å². The Labute approximate surface area is 166 Å². The molecule has 0 heterocycles. The van der Waals surface area contributed by atoms with Gasteiger partial charge in [-0.1, -0.05) is 46.4 Å². The van der Waals surface area contributed by atoms with Crippen molar-refractivity contribution >= 4 is 69.7 Å². The van der Waals surface area contributed by atoms with Gasteiger partial charge in [0.1, 0.15) is 5.56 Å². The number of hydrogen-bond acceptors (Lipinski definition) is 5. The maximum Gasteiger partial charge on any atom is 0.345 e. The Balaban J connectivity index is 2.07. The van der Waals surface area contributed by atoms with Gasteiger partial charge in [-0.15, -0.1) is 0 Å². The number of benzene rings is 2. The van der Waals surface area contributed by atoms with Crippen molar-refractivity contribution in [3.8, 4) is 0 Å². The molecular weight excluding hydrogens is 430 g/mol. The van der Waals surface area contributed by atoms with Crippen molar-refractivity contribution in [1.82, 2.24) is 0 Å². The first kappa shape index (κ1) is 20.3. The first-order chi connectivity index (χ1) is 12.2. The summed E-state index contributed by atoms with van der Waals surface area (Å²) in [7, 11) is 0. The van der Waals surface area contributed by atoms with Gasteiger partial charge in [-0.3, -0.25) is 14.9 Å². The third-order valence-corrected chi connectivity index (χ3v) is 4.03. The van der Waals surface area contributed by atoms with Crippen LogP contribution >= 0.6 is 46.4 Å². The van der Waals surface area contributed by atoms with E-state index in [-0.39, 0.29) is 31.3 Å². The van der Waals surface area contributed by atoms with Crippen LogP contribution in [0.5, 0.6) is 0 Å². The lowest BCUT2D eigenvalue weighted by atomic mass is 10.2. The Morgan fingerprint density at radius 1 is 1.04 bits per heavy atom. The number of nitro benzene ring substituents is 1. The fraction of sp³-hybridized carbons (Fsp3) is 0.0667. The average molecular weight is 438 g/mol. The third kappa shape index (κ3) is 4.98. The first-order valence-electron chi connectivity index (χ1n) is 6.74. The predicted octanol–water partition coefficient (Wildman–Crippen LogP) is 5.00. The van der Waals surface area contributed by atoms with Gasteiger partial charge in [-0.2, -0.15) is 0 Å². The largest absolute Gasteiger partial charge is 0.452 e. The van der Waals surface area contributed by atoms with E-state index in [0.29, 0.717) is 0 Å². The van der Waals surface area contributed by atoms with Crippen molar-refractivity contribution in [2.24, 2.45) is 0 Å². The highest BCUT2D eigenvalue weighted by Crippen LogP contribution is 2.33. The Morgan fingerprint density at radius 2 is 1.65 bits per heavy atom. The van der Waals surface area contributed by atoms with Gasteiger partial charge in [0, 0.05) is 16.1 Å². The van der Waals surface area contributed by atoms with Crippen molar-refractivity contribution in [2.75, 3.05) is 11.9 Å². The highest BCUT2D eigenvalue weighted by Gasteiger charge is 2.23. The Bertz CT molecular complexity index is 881. The standard InChI is InChI=1S/C15H8Cl4N2O5/c16-7-1-2-9(12(5-7)21(24)25)15(23)26-6-13(22)20-14-10(18)3-8(17)4-11(14)19/h1-5H,6H2,(H,20,22). The van der Waals surface area contributed by atoms with Crippen LogP contribution in [0.3, 0.4) is 0 Å². The summed E-state index contributed by atoms with van der Waals surface area (Å²) in [6.45, 7) is -0.714. The maximum atomic E-state index is 12.0. The zero-order chi connectivity index (χ0) is 19.4. The molecular formula is C15H8Cl4N2O5. The molecule has 0 aromatic heterocycles. The Hall–Kier alpha value is -2.06. The molecule has 136 valence electrons. The molecule has 0 saturated carbocycles.